The van der Waals surface area contributed by atoms with E-state index in [4.69, 9.17) is 9.47 Å². The van der Waals surface area contributed by atoms with Crippen LogP contribution in [0.2, 0.25) is 0 Å². The van der Waals surface area contributed by atoms with Crippen LogP contribution in [0.1, 0.15) is 6.42 Å². The number of benzene rings is 2. The molecule has 11 heteroatoms. The highest BCUT2D eigenvalue weighted by Crippen LogP contribution is 2.31. The number of para-hydroxylation sites is 1. The summed E-state index contributed by atoms with van der Waals surface area (Å²) < 4.78 is 51.1. The number of sulfone groups is 1. The summed E-state index contributed by atoms with van der Waals surface area (Å²) in [5, 5.41) is 0.289. The summed E-state index contributed by atoms with van der Waals surface area (Å²) >= 11 is 1.17. The van der Waals surface area contributed by atoms with E-state index in [1.54, 1.807) is 12.1 Å². The van der Waals surface area contributed by atoms with Crippen molar-refractivity contribution >= 4 is 42.4 Å². The number of amides is 1. The summed E-state index contributed by atoms with van der Waals surface area (Å²) in [5.74, 6) is -1.27. The van der Waals surface area contributed by atoms with Crippen LogP contribution in [0.3, 0.4) is 0 Å². The Morgan fingerprint density at radius 3 is 2.62 bits per heavy atom. The lowest BCUT2D eigenvalue weighted by atomic mass is 10.3. The second kappa shape index (κ2) is 10.8. The highest BCUT2D eigenvalue weighted by molar-refractivity contribution is 7.92. The first-order valence-electron chi connectivity index (χ1n) is 10.9. The average Bonchev–Trinajstić information content (AvgIpc) is 3.27. The molecule has 0 spiro atoms. The van der Waals surface area contributed by atoms with E-state index < -0.39 is 27.3 Å². The molecule has 8 nitrogen and oxygen atoms in total. The Balaban J connectivity index is 1.55. The fraction of sp³-hybridized carbons (Fsp3) is 0.391. The minimum absolute atomic E-state index is 0.0326. The molecular formula is C23H26FN3O5S2. The minimum Gasteiger partial charge on any atom is -0.497 e. The topological polar surface area (TPSA) is 89.0 Å². The molecule has 1 aromatic heterocycles. The molecule has 0 N–H and O–H groups in total. The predicted molar refractivity (Wildman–Crippen MR) is 129 cm³/mol. The quantitative estimate of drug-likeness (QED) is 0.440. The largest absolute Gasteiger partial charge is 0.497 e. The molecule has 0 aliphatic carbocycles. The second-order valence-corrected chi connectivity index (χ2v) is 10.9. The molecule has 2 heterocycles. The van der Waals surface area contributed by atoms with Gasteiger partial charge in [0, 0.05) is 26.2 Å². The van der Waals surface area contributed by atoms with Crippen molar-refractivity contribution in [3.05, 3.63) is 48.3 Å². The lowest BCUT2D eigenvalue weighted by molar-refractivity contribution is -0.116. The molecule has 182 valence electrons. The summed E-state index contributed by atoms with van der Waals surface area (Å²) in [6.07, 6.45) is 0.618. The molecule has 1 saturated heterocycles. The molecule has 0 unspecified atom stereocenters. The van der Waals surface area contributed by atoms with Crippen molar-refractivity contribution in [3.63, 3.8) is 0 Å². The third kappa shape index (κ3) is 5.72. The van der Waals surface area contributed by atoms with Gasteiger partial charge in [-0.3, -0.25) is 14.6 Å². The summed E-state index contributed by atoms with van der Waals surface area (Å²) in [6.45, 7) is 3.96. The third-order valence-electron chi connectivity index (χ3n) is 5.58. The Morgan fingerprint density at radius 1 is 1.21 bits per heavy atom. The molecule has 1 amide bonds. The monoisotopic (exact) mass is 507 g/mol. The van der Waals surface area contributed by atoms with Gasteiger partial charge in [0.2, 0.25) is 5.91 Å². The number of hydrogen-bond acceptors (Lipinski definition) is 8. The first-order valence-corrected chi connectivity index (χ1v) is 13.4. The maximum Gasteiger partial charge on any atom is 0.244 e. The maximum atomic E-state index is 14.2. The molecule has 0 radical (unpaired) electrons. The van der Waals surface area contributed by atoms with Gasteiger partial charge >= 0.3 is 0 Å². The molecule has 4 rings (SSSR count). The number of morpholine rings is 1. The summed E-state index contributed by atoms with van der Waals surface area (Å²) in [4.78, 5) is 21.2. The van der Waals surface area contributed by atoms with Gasteiger partial charge in [0.1, 0.15) is 22.8 Å². The SMILES string of the molecule is COc1ccc(S(=O)(=O)CC(=O)N(CCCN2CCOCC2)c2nc3c(F)cccc3s2)cc1. The van der Waals surface area contributed by atoms with E-state index in [0.717, 1.165) is 19.6 Å². The van der Waals surface area contributed by atoms with Gasteiger partial charge in [0.15, 0.2) is 15.0 Å². The second-order valence-electron chi connectivity index (χ2n) is 7.87. The molecule has 0 saturated carbocycles. The van der Waals surface area contributed by atoms with Crippen LogP contribution in [0.25, 0.3) is 10.2 Å². The van der Waals surface area contributed by atoms with E-state index >= 15 is 0 Å². The molecule has 0 bridgehead atoms. The van der Waals surface area contributed by atoms with Crippen molar-refractivity contribution in [1.29, 1.82) is 0 Å². The first kappa shape index (κ1) is 24.5. The zero-order chi connectivity index (χ0) is 24.1. The fourth-order valence-electron chi connectivity index (χ4n) is 3.73. The van der Waals surface area contributed by atoms with Gasteiger partial charge in [-0.15, -0.1) is 0 Å². The van der Waals surface area contributed by atoms with E-state index in [2.05, 4.69) is 9.88 Å². The number of hydrogen-bond donors (Lipinski definition) is 0. The number of carbonyl (C=O) groups is 1. The van der Waals surface area contributed by atoms with E-state index in [-0.39, 0.29) is 22.1 Å². The molecule has 34 heavy (non-hydrogen) atoms. The highest BCUT2D eigenvalue weighted by Gasteiger charge is 2.27. The predicted octanol–water partition coefficient (Wildman–Crippen LogP) is 2.97. The van der Waals surface area contributed by atoms with Crippen molar-refractivity contribution in [2.45, 2.75) is 11.3 Å². The number of ether oxygens (including phenoxy) is 2. The Kier molecular flexibility index (Phi) is 7.77. The van der Waals surface area contributed by atoms with E-state index in [1.165, 1.54) is 53.7 Å². The lowest BCUT2D eigenvalue weighted by Gasteiger charge is -2.27. The zero-order valence-electron chi connectivity index (χ0n) is 18.8. The van der Waals surface area contributed by atoms with Crippen LogP contribution in [0, 0.1) is 5.82 Å². The Hall–Kier alpha value is -2.60. The lowest BCUT2D eigenvalue weighted by Crippen LogP contribution is -2.40. The first-order chi connectivity index (χ1) is 16.4. The van der Waals surface area contributed by atoms with Crippen molar-refractivity contribution in [2.75, 3.05) is 57.2 Å². The molecular weight excluding hydrogens is 481 g/mol. The molecule has 1 aliphatic heterocycles. The van der Waals surface area contributed by atoms with Crippen LogP contribution in [0.5, 0.6) is 5.75 Å². The van der Waals surface area contributed by atoms with Gasteiger partial charge in [-0.05, 0) is 42.8 Å². The number of nitrogens with zero attached hydrogens (tertiary/aromatic N) is 3. The molecule has 1 fully saturated rings. The van der Waals surface area contributed by atoms with Crippen LogP contribution in [-0.2, 0) is 19.4 Å². The smallest absolute Gasteiger partial charge is 0.244 e. The van der Waals surface area contributed by atoms with Gasteiger partial charge in [-0.1, -0.05) is 17.4 Å². The Bertz CT molecular complexity index is 1240. The molecule has 0 atom stereocenters. The maximum absolute atomic E-state index is 14.2. The number of anilines is 1. The number of thiazole rings is 1. The van der Waals surface area contributed by atoms with Crippen molar-refractivity contribution < 1.29 is 27.1 Å². The van der Waals surface area contributed by atoms with E-state index in [9.17, 15) is 17.6 Å². The van der Waals surface area contributed by atoms with Gasteiger partial charge in [-0.2, -0.15) is 0 Å². The van der Waals surface area contributed by atoms with E-state index in [1.807, 2.05) is 0 Å². The number of halogens is 1. The molecule has 2 aromatic carbocycles. The third-order valence-corrected chi connectivity index (χ3v) is 8.24. The minimum atomic E-state index is -3.89. The van der Waals surface area contributed by atoms with Crippen molar-refractivity contribution in [2.24, 2.45) is 0 Å². The molecule has 1 aliphatic rings. The number of methoxy groups -OCH3 is 1. The summed E-state index contributed by atoms with van der Waals surface area (Å²) in [7, 11) is -2.40. The number of aromatic nitrogens is 1. The highest BCUT2D eigenvalue weighted by atomic mass is 32.2. The standard InChI is InChI=1S/C23H26FN3O5S2/c1-31-17-6-8-18(9-7-17)34(29,30)16-21(28)27(11-3-10-26-12-14-32-15-13-26)23-25-22-19(24)4-2-5-20(22)33-23/h2,4-9H,3,10-16H2,1H3. The summed E-state index contributed by atoms with van der Waals surface area (Å²) in [6, 6.07) is 10.5. The van der Waals surface area contributed by atoms with Crippen molar-refractivity contribution in [3.8, 4) is 5.75 Å². The molecule has 3 aromatic rings. The number of fused-ring (bicyclic) bond motifs is 1. The fourth-order valence-corrected chi connectivity index (χ4v) is 5.95. The van der Waals surface area contributed by atoms with Crippen LogP contribution < -0.4 is 9.64 Å². The van der Waals surface area contributed by atoms with Crippen LogP contribution in [0.15, 0.2) is 47.4 Å². The van der Waals surface area contributed by atoms with Crippen LogP contribution in [-0.4, -0.2) is 76.5 Å². The summed E-state index contributed by atoms with van der Waals surface area (Å²) in [5.41, 5.74) is 0.173. The normalized spacial score (nSPS) is 14.9. The Morgan fingerprint density at radius 2 is 1.94 bits per heavy atom. The van der Waals surface area contributed by atoms with Gasteiger partial charge in [0.25, 0.3) is 0 Å². The average molecular weight is 508 g/mol. The Labute approximate surface area is 201 Å². The van der Waals surface area contributed by atoms with Gasteiger partial charge < -0.3 is 9.47 Å². The van der Waals surface area contributed by atoms with Gasteiger partial charge in [0.05, 0.1) is 29.9 Å². The van der Waals surface area contributed by atoms with Crippen LogP contribution in [0.4, 0.5) is 9.52 Å². The number of carbonyl (C=O) groups excluding carboxylic acids is 1. The number of rotatable bonds is 9. The van der Waals surface area contributed by atoms with E-state index in [0.29, 0.717) is 30.1 Å². The van der Waals surface area contributed by atoms with Crippen LogP contribution >= 0.6 is 11.3 Å². The van der Waals surface area contributed by atoms with Gasteiger partial charge in [-0.25, -0.2) is 17.8 Å². The zero-order valence-corrected chi connectivity index (χ0v) is 20.4. The van der Waals surface area contributed by atoms with Crippen molar-refractivity contribution in [1.82, 2.24) is 9.88 Å².